The summed E-state index contributed by atoms with van der Waals surface area (Å²) in [6.45, 7) is 1.64. The molecule has 0 saturated heterocycles. The van der Waals surface area contributed by atoms with Gasteiger partial charge in [0.15, 0.2) is 0 Å². The van der Waals surface area contributed by atoms with Crippen LogP contribution in [0.1, 0.15) is 24.8 Å². The Morgan fingerprint density at radius 1 is 1.39 bits per heavy atom. The van der Waals surface area contributed by atoms with Crippen molar-refractivity contribution in [1.29, 1.82) is 0 Å². The molecule has 1 aromatic rings. The second-order valence-electron chi connectivity index (χ2n) is 4.59. The van der Waals surface area contributed by atoms with Crippen molar-refractivity contribution >= 4 is 21.6 Å². The van der Waals surface area contributed by atoms with Gasteiger partial charge >= 0.3 is 0 Å². The van der Waals surface area contributed by atoms with Crippen molar-refractivity contribution in [1.82, 2.24) is 0 Å². The Balaban J connectivity index is 2.26. The summed E-state index contributed by atoms with van der Waals surface area (Å²) in [5, 5.41) is 7.88. The van der Waals surface area contributed by atoms with E-state index in [1.54, 1.807) is 19.1 Å². The number of hydrogen-bond acceptors (Lipinski definition) is 3. The van der Waals surface area contributed by atoms with Gasteiger partial charge in [-0.3, -0.25) is 4.79 Å². The van der Waals surface area contributed by atoms with Crippen LogP contribution < -0.4 is 10.5 Å². The Bertz CT molecular complexity index is 577. The minimum Gasteiger partial charge on any atom is -0.326 e. The number of benzene rings is 1. The van der Waals surface area contributed by atoms with Gasteiger partial charge in [-0.2, -0.15) is 0 Å². The number of carbonyl (C=O) groups excluding carboxylic acids is 1. The van der Waals surface area contributed by atoms with E-state index in [0.717, 1.165) is 19.3 Å². The fraction of sp³-hybridized carbons (Fsp3) is 0.417. The molecule has 0 spiro atoms. The highest BCUT2D eigenvalue weighted by molar-refractivity contribution is 7.89. The highest BCUT2D eigenvalue weighted by atomic mass is 32.2. The average molecular weight is 268 g/mol. The van der Waals surface area contributed by atoms with Gasteiger partial charge in [0.2, 0.25) is 15.9 Å². The second kappa shape index (κ2) is 4.70. The van der Waals surface area contributed by atoms with Crippen molar-refractivity contribution in [3.8, 4) is 0 Å². The smallest absolute Gasteiger partial charge is 0.238 e. The number of amides is 1. The molecule has 18 heavy (non-hydrogen) atoms. The van der Waals surface area contributed by atoms with E-state index in [4.69, 9.17) is 5.14 Å². The number of primary sulfonamides is 1. The maximum absolute atomic E-state index is 11.8. The number of hydrogen-bond donors (Lipinski definition) is 2. The lowest BCUT2D eigenvalue weighted by molar-refractivity contribution is -0.122. The van der Waals surface area contributed by atoms with Crippen LogP contribution in [0.5, 0.6) is 0 Å². The normalized spacial score (nSPS) is 16.1. The predicted octanol–water partition coefficient (Wildman–Crippen LogP) is 1.38. The largest absolute Gasteiger partial charge is 0.326 e. The average Bonchev–Trinajstić information content (AvgIpc) is 2.16. The summed E-state index contributed by atoms with van der Waals surface area (Å²) in [5.41, 5.74) is 0.992. The van der Waals surface area contributed by atoms with Gasteiger partial charge in [-0.25, -0.2) is 13.6 Å². The number of carbonyl (C=O) groups is 1. The van der Waals surface area contributed by atoms with Crippen molar-refractivity contribution in [2.24, 2.45) is 11.1 Å². The lowest BCUT2D eigenvalue weighted by Gasteiger charge is -2.24. The molecule has 0 aromatic heterocycles. The highest BCUT2D eigenvalue weighted by Crippen LogP contribution is 2.29. The molecule has 1 aliphatic rings. The fourth-order valence-electron chi connectivity index (χ4n) is 1.96. The maximum Gasteiger partial charge on any atom is 0.238 e. The SMILES string of the molecule is Cc1c(NC(=O)C2CCC2)cccc1S(N)(=O)=O. The molecule has 0 unspecified atom stereocenters. The summed E-state index contributed by atoms with van der Waals surface area (Å²) in [5.74, 6) is 0.0125. The van der Waals surface area contributed by atoms with Crippen LogP contribution in [0.3, 0.4) is 0 Å². The Kier molecular flexibility index (Phi) is 3.41. The Morgan fingerprint density at radius 2 is 2.06 bits per heavy atom. The summed E-state index contributed by atoms with van der Waals surface area (Å²) >= 11 is 0. The van der Waals surface area contributed by atoms with Crippen molar-refractivity contribution in [3.63, 3.8) is 0 Å². The minimum absolute atomic E-state index is 0.0454. The van der Waals surface area contributed by atoms with Gasteiger partial charge in [0, 0.05) is 11.6 Å². The Morgan fingerprint density at radius 3 is 2.56 bits per heavy atom. The third-order valence-electron chi connectivity index (χ3n) is 3.32. The standard InChI is InChI=1S/C12H16N2O3S/c1-8-10(14-12(15)9-4-2-5-9)6-3-7-11(8)18(13,16)17/h3,6-7,9H,2,4-5H2,1H3,(H,14,15)(H2,13,16,17). The van der Waals surface area contributed by atoms with Gasteiger partial charge in [-0.05, 0) is 37.5 Å². The minimum atomic E-state index is -3.75. The number of sulfonamides is 1. The van der Waals surface area contributed by atoms with Gasteiger partial charge in [-0.1, -0.05) is 12.5 Å². The summed E-state index contributed by atoms with van der Waals surface area (Å²) in [4.78, 5) is 11.9. The van der Waals surface area contributed by atoms with Crippen LogP contribution in [-0.4, -0.2) is 14.3 Å². The summed E-state index contributed by atoms with van der Waals surface area (Å²) in [6.07, 6.45) is 2.88. The molecule has 0 atom stereocenters. The van der Waals surface area contributed by atoms with Crippen molar-refractivity contribution in [2.45, 2.75) is 31.1 Å². The first-order valence-electron chi connectivity index (χ1n) is 5.83. The molecule has 1 aliphatic carbocycles. The maximum atomic E-state index is 11.8. The first-order valence-corrected chi connectivity index (χ1v) is 7.37. The van der Waals surface area contributed by atoms with Gasteiger partial charge in [0.25, 0.3) is 0 Å². The third-order valence-corrected chi connectivity index (χ3v) is 4.38. The monoisotopic (exact) mass is 268 g/mol. The Hall–Kier alpha value is -1.40. The lowest BCUT2D eigenvalue weighted by Crippen LogP contribution is -2.28. The van der Waals surface area contributed by atoms with Crippen LogP contribution in [0.4, 0.5) is 5.69 Å². The lowest BCUT2D eigenvalue weighted by atomic mass is 9.85. The molecule has 5 nitrogen and oxygen atoms in total. The van der Waals surface area contributed by atoms with Crippen LogP contribution in [0.2, 0.25) is 0 Å². The first-order chi connectivity index (χ1) is 8.39. The van der Waals surface area contributed by atoms with Crippen LogP contribution in [0, 0.1) is 12.8 Å². The van der Waals surface area contributed by atoms with E-state index in [-0.39, 0.29) is 16.7 Å². The first kappa shape index (κ1) is 13.0. The van der Waals surface area contributed by atoms with E-state index in [0.29, 0.717) is 11.3 Å². The molecule has 0 radical (unpaired) electrons. The van der Waals surface area contributed by atoms with E-state index < -0.39 is 10.0 Å². The van der Waals surface area contributed by atoms with E-state index in [1.165, 1.54) is 6.07 Å². The molecule has 1 aromatic carbocycles. The van der Waals surface area contributed by atoms with Crippen molar-refractivity contribution in [3.05, 3.63) is 23.8 Å². The molecular formula is C12H16N2O3S. The molecule has 2 rings (SSSR count). The molecule has 98 valence electrons. The zero-order valence-electron chi connectivity index (χ0n) is 10.1. The summed E-state index contributed by atoms with van der Waals surface area (Å²) in [7, 11) is -3.75. The van der Waals surface area contributed by atoms with Gasteiger partial charge < -0.3 is 5.32 Å². The second-order valence-corrected chi connectivity index (χ2v) is 6.12. The van der Waals surface area contributed by atoms with Crippen molar-refractivity contribution in [2.75, 3.05) is 5.32 Å². The molecule has 3 N–H and O–H groups in total. The van der Waals surface area contributed by atoms with E-state index in [1.807, 2.05) is 0 Å². The predicted molar refractivity (Wildman–Crippen MR) is 68.5 cm³/mol. The molecule has 0 bridgehead atoms. The summed E-state index contributed by atoms with van der Waals surface area (Å²) in [6, 6.07) is 4.69. The topological polar surface area (TPSA) is 89.3 Å². The molecule has 6 heteroatoms. The van der Waals surface area contributed by atoms with Gasteiger partial charge in [0.1, 0.15) is 0 Å². The van der Waals surface area contributed by atoms with Gasteiger partial charge in [0.05, 0.1) is 4.90 Å². The Labute approximate surface area is 106 Å². The van der Waals surface area contributed by atoms with Crippen LogP contribution >= 0.6 is 0 Å². The third kappa shape index (κ3) is 2.54. The zero-order valence-corrected chi connectivity index (χ0v) is 11.0. The van der Waals surface area contributed by atoms with Gasteiger partial charge in [-0.15, -0.1) is 0 Å². The molecule has 0 aliphatic heterocycles. The van der Waals surface area contributed by atoms with Crippen LogP contribution in [0.15, 0.2) is 23.1 Å². The quantitative estimate of drug-likeness (QED) is 0.867. The number of nitrogens with one attached hydrogen (secondary N) is 1. The summed E-state index contributed by atoms with van der Waals surface area (Å²) < 4.78 is 22.7. The molecule has 1 amide bonds. The molecule has 1 fully saturated rings. The highest BCUT2D eigenvalue weighted by Gasteiger charge is 2.26. The van der Waals surface area contributed by atoms with E-state index >= 15 is 0 Å². The number of anilines is 1. The fourth-order valence-corrected chi connectivity index (χ4v) is 2.77. The molecule has 0 heterocycles. The zero-order chi connectivity index (χ0) is 13.3. The van der Waals surface area contributed by atoms with E-state index in [9.17, 15) is 13.2 Å². The van der Waals surface area contributed by atoms with E-state index in [2.05, 4.69) is 5.32 Å². The van der Waals surface area contributed by atoms with Crippen LogP contribution in [-0.2, 0) is 14.8 Å². The molecule has 1 saturated carbocycles. The van der Waals surface area contributed by atoms with Crippen LogP contribution in [0.25, 0.3) is 0 Å². The number of rotatable bonds is 3. The molecular weight excluding hydrogens is 252 g/mol. The number of nitrogens with two attached hydrogens (primary N) is 1. The van der Waals surface area contributed by atoms with Crippen molar-refractivity contribution < 1.29 is 13.2 Å².